The number of carbonyl (C=O) groups excluding carboxylic acids is 2. The maximum Gasteiger partial charge on any atom is 0.281 e. The lowest BCUT2D eigenvalue weighted by Gasteiger charge is -2.38. The number of fused-ring (bicyclic) bond motifs is 2. The van der Waals surface area contributed by atoms with Crippen LogP contribution in [0.2, 0.25) is 0 Å². The molecule has 6 rings (SSSR count). The maximum atomic E-state index is 13.4. The predicted octanol–water partition coefficient (Wildman–Crippen LogP) is 3.47. The monoisotopic (exact) mass is 539 g/mol. The van der Waals surface area contributed by atoms with Crippen LogP contribution in [0.3, 0.4) is 0 Å². The van der Waals surface area contributed by atoms with E-state index in [1.54, 1.807) is 11.7 Å². The molecule has 1 aliphatic heterocycles. The van der Waals surface area contributed by atoms with Crippen LogP contribution in [0.4, 0.5) is 0 Å². The molecule has 3 heterocycles. The Morgan fingerprint density at radius 2 is 1.80 bits per heavy atom. The van der Waals surface area contributed by atoms with Gasteiger partial charge in [0, 0.05) is 44.1 Å². The number of carbonyl (C=O) groups is 2. The quantitative estimate of drug-likeness (QED) is 0.402. The zero-order chi connectivity index (χ0) is 28.0. The summed E-state index contributed by atoms with van der Waals surface area (Å²) in [5.41, 5.74) is 3.78. The summed E-state index contributed by atoms with van der Waals surface area (Å²) in [6.45, 7) is 3.02. The van der Waals surface area contributed by atoms with Crippen molar-refractivity contribution in [3.8, 4) is 11.3 Å². The van der Waals surface area contributed by atoms with Gasteiger partial charge in [-0.3, -0.25) is 23.6 Å². The van der Waals surface area contributed by atoms with Crippen molar-refractivity contribution in [2.45, 2.75) is 57.1 Å². The van der Waals surface area contributed by atoms with E-state index in [-0.39, 0.29) is 35.2 Å². The molecule has 0 saturated carbocycles. The number of nitrogens with zero attached hydrogens (tertiary/aromatic N) is 5. The van der Waals surface area contributed by atoms with Gasteiger partial charge in [-0.2, -0.15) is 5.10 Å². The first kappa shape index (κ1) is 26.1. The van der Waals surface area contributed by atoms with Crippen molar-refractivity contribution in [2.24, 2.45) is 7.05 Å². The number of aliphatic hydroxyl groups is 1. The molecule has 0 bridgehead atoms. The van der Waals surface area contributed by atoms with Gasteiger partial charge < -0.3 is 10.0 Å². The molecule has 1 amide bonds. The Kier molecular flexibility index (Phi) is 6.62. The maximum absolute atomic E-state index is 13.4. The number of amides is 1. The van der Waals surface area contributed by atoms with Gasteiger partial charge in [-0.15, -0.1) is 0 Å². The summed E-state index contributed by atoms with van der Waals surface area (Å²) < 4.78 is 3.08. The summed E-state index contributed by atoms with van der Waals surface area (Å²) in [6.07, 6.45) is 3.89. The number of likely N-dealkylation sites (tertiary alicyclic amines) is 1. The third kappa shape index (κ3) is 4.75. The summed E-state index contributed by atoms with van der Waals surface area (Å²) >= 11 is 0. The van der Waals surface area contributed by atoms with Gasteiger partial charge >= 0.3 is 0 Å². The molecular weight excluding hydrogens is 506 g/mol. The standard InChI is InChI=1S/C31H33N5O4/c1-20(21-6-4-3-5-7-21)16-26(38)35-14-12-31(40,13-15-35)18-36-19-32-27-28(30(36)39)33-34(2)29(27)23-8-10-24-22(17-23)9-11-25(24)37/h3-8,10,17,19-20,40H,9,11-16,18H2,1-2H3. The fourth-order valence-electron chi connectivity index (χ4n) is 6.07. The van der Waals surface area contributed by atoms with Gasteiger partial charge in [0.2, 0.25) is 5.91 Å². The molecule has 0 spiro atoms. The second-order valence-corrected chi connectivity index (χ2v) is 11.3. The summed E-state index contributed by atoms with van der Waals surface area (Å²) in [7, 11) is 1.78. The minimum atomic E-state index is -1.12. The largest absolute Gasteiger partial charge is 0.388 e. The van der Waals surface area contributed by atoms with Crippen molar-refractivity contribution < 1.29 is 14.7 Å². The molecule has 2 aromatic carbocycles. The van der Waals surface area contributed by atoms with Crippen molar-refractivity contribution in [1.29, 1.82) is 0 Å². The Morgan fingerprint density at radius 3 is 2.55 bits per heavy atom. The number of aromatic nitrogens is 4. The van der Waals surface area contributed by atoms with Gasteiger partial charge in [0.05, 0.1) is 24.2 Å². The van der Waals surface area contributed by atoms with E-state index in [4.69, 9.17) is 0 Å². The first-order valence-electron chi connectivity index (χ1n) is 13.9. The molecule has 1 atom stereocenters. The highest BCUT2D eigenvalue weighted by Gasteiger charge is 2.35. The highest BCUT2D eigenvalue weighted by Crippen LogP contribution is 2.31. The van der Waals surface area contributed by atoms with E-state index >= 15 is 0 Å². The Hall–Kier alpha value is -4.11. The molecule has 1 N–H and O–H groups in total. The third-order valence-electron chi connectivity index (χ3n) is 8.47. The van der Waals surface area contributed by atoms with E-state index in [2.05, 4.69) is 17.0 Å². The molecule has 40 heavy (non-hydrogen) atoms. The smallest absolute Gasteiger partial charge is 0.281 e. The lowest BCUT2D eigenvalue weighted by molar-refractivity contribution is -0.136. The average molecular weight is 540 g/mol. The van der Waals surface area contributed by atoms with Crippen LogP contribution >= 0.6 is 0 Å². The number of ketones is 1. The second kappa shape index (κ2) is 10.1. The fourth-order valence-corrected chi connectivity index (χ4v) is 6.07. The van der Waals surface area contributed by atoms with Crippen LogP contribution in [-0.4, -0.2) is 59.7 Å². The molecule has 2 aliphatic rings. The number of hydrogen-bond donors (Lipinski definition) is 1. The molecule has 1 aliphatic carbocycles. The fraction of sp³-hybridized carbons (Fsp3) is 0.387. The molecule has 9 heteroatoms. The van der Waals surface area contributed by atoms with Crippen molar-refractivity contribution in [1.82, 2.24) is 24.2 Å². The van der Waals surface area contributed by atoms with Crippen LogP contribution in [0.25, 0.3) is 22.3 Å². The summed E-state index contributed by atoms with van der Waals surface area (Å²) in [5, 5.41) is 15.8. The normalized spacial score (nSPS) is 17.3. The number of piperidine rings is 1. The number of benzene rings is 2. The van der Waals surface area contributed by atoms with Crippen LogP contribution in [0.15, 0.2) is 59.7 Å². The van der Waals surface area contributed by atoms with E-state index in [1.807, 2.05) is 53.4 Å². The first-order valence-corrected chi connectivity index (χ1v) is 13.9. The molecule has 2 aromatic heterocycles. The van der Waals surface area contributed by atoms with Crippen LogP contribution in [0.1, 0.15) is 60.0 Å². The van der Waals surface area contributed by atoms with Gasteiger partial charge in [0.25, 0.3) is 5.56 Å². The molecule has 9 nitrogen and oxygen atoms in total. The SMILES string of the molecule is CC(CC(=O)N1CCC(O)(Cn2cnc3c(-c4ccc5c(c4)CCC5=O)n(C)nc3c2=O)CC1)c1ccccc1. The Balaban J connectivity index is 1.16. The molecule has 0 radical (unpaired) electrons. The van der Waals surface area contributed by atoms with E-state index in [1.165, 1.54) is 10.9 Å². The zero-order valence-corrected chi connectivity index (χ0v) is 22.8. The Bertz CT molecular complexity index is 1660. The minimum absolute atomic E-state index is 0.0793. The van der Waals surface area contributed by atoms with E-state index in [0.717, 1.165) is 27.9 Å². The lowest BCUT2D eigenvalue weighted by atomic mass is 9.90. The number of Topliss-reactive ketones (excluding diaryl/α,β-unsaturated/α-hetero) is 1. The number of hydrogen-bond acceptors (Lipinski definition) is 6. The van der Waals surface area contributed by atoms with Gasteiger partial charge in [-0.1, -0.05) is 49.4 Å². The summed E-state index contributed by atoms with van der Waals surface area (Å²) in [6, 6.07) is 15.7. The van der Waals surface area contributed by atoms with Crippen molar-refractivity contribution in [3.05, 3.63) is 81.9 Å². The van der Waals surface area contributed by atoms with Crippen LogP contribution in [0, 0.1) is 0 Å². The van der Waals surface area contributed by atoms with Crippen LogP contribution in [-0.2, 0) is 24.8 Å². The summed E-state index contributed by atoms with van der Waals surface area (Å²) in [4.78, 5) is 44.8. The summed E-state index contributed by atoms with van der Waals surface area (Å²) in [5.74, 6) is 0.358. The highest BCUT2D eigenvalue weighted by atomic mass is 16.3. The van der Waals surface area contributed by atoms with Gasteiger partial charge in [-0.05, 0) is 42.4 Å². The van der Waals surface area contributed by atoms with Crippen molar-refractivity contribution >= 4 is 22.7 Å². The van der Waals surface area contributed by atoms with Crippen LogP contribution < -0.4 is 5.56 Å². The van der Waals surface area contributed by atoms with Gasteiger partial charge in [0.15, 0.2) is 11.3 Å². The third-order valence-corrected chi connectivity index (χ3v) is 8.47. The lowest BCUT2D eigenvalue weighted by Crippen LogP contribution is -2.49. The average Bonchev–Trinajstić information content (AvgIpc) is 3.50. The molecule has 1 fully saturated rings. The van der Waals surface area contributed by atoms with Gasteiger partial charge in [-0.25, -0.2) is 4.98 Å². The molecule has 4 aromatic rings. The zero-order valence-electron chi connectivity index (χ0n) is 22.8. The van der Waals surface area contributed by atoms with Crippen molar-refractivity contribution in [2.75, 3.05) is 13.1 Å². The Morgan fingerprint density at radius 1 is 1.05 bits per heavy atom. The van der Waals surface area contributed by atoms with E-state index in [0.29, 0.717) is 50.7 Å². The first-order chi connectivity index (χ1) is 19.2. The molecule has 1 unspecified atom stereocenters. The highest BCUT2D eigenvalue weighted by molar-refractivity contribution is 6.01. The predicted molar refractivity (Wildman–Crippen MR) is 151 cm³/mol. The van der Waals surface area contributed by atoms with Gasteiger partial charge in [0.1, 0.15) is 5.52 Å². The molecular formula is C31H33N5O4. The van der Waals surface area contributed by atoms with Crippen molar-refractivity contribution in [3.63, 3.8) is 0 Å². The van der Waals surface area contributed by atoms with E-state index < -0.39 is 5.60 Å². The van der Waals surface area contributed by atoms with E-state index in [9.17, 15) is 19.5 Å². The molecule has 206 valence electrons. The number of aryl methyl sites for hydroxylation is 2. The topological polar surface area (TPSA) is 110 Å². The minimum Gasteiger partial charge on any atom is -0.388 e. The molecule has 1 saturated heterocycles. The number of rotatable bonds is 6. The second-order valence-electron chi connectivity index (χ2n) is 11.3. The Labute approximate surface area is 232 Å². The van der Waals surface area contributed by atoms with Crippen LogP contribution in [0.5, 0.6) is 0 Å².